The molecular weight excluding hydrogens is 298 g/mol. The SMILES string of the molecule is CCCCCCCOc1cccc(NC(=O)Cc2ccccc2)c1. The molecule has 2 aromatic rings. The molecule has 0 atom stereocenters. The van der Waals surface area contributed by atoms with Crippen molar-refractivity contribution in [3.8, 4) is 5.75 Å². The zero-order valence-electron chi connectivity index (χ0n) is 14.5. The number of nitrogens with one attached hydrogen (secondary N) is 1. The number of carbonyl (C=O) groups is 1. The second-order valence-electron chi connectivity index (χ2n) is 6.00. The summed E-state index contributed by atoms with van der Waals surface area (Å²) < 4.78 is 5.78. The summed E-state index contributed by atoms with van der Waals surface area (Å²) in [7, 11) is 0. The fourth-order valence-electron chi connectivity index (χ4n) is 2.55. The van der Waals surface area contributed by atoms with E-state index in [1.165, 1.54) is 25.7 Å². The molecule has 0 aromatic heterocycles. The number of unbranched alkanes of at least 4 members (excludes halogenated alkanes) is 4. The van der Waals surface area contributed by atoms with Gasteiger partial charge in [-0.15, -0.1) is 0 Å². The number of hydrogen-bond acceptors (Lipinski definition) is 2. The van der Waals surface area contributed by atoms with Gasteiger partial charge >= 0.3 is 0 Å². The lowest BCUT2D eigenvalue weighted by atomic mass is 10.1. The van der Waals surface area contributed by atoms with Crippen LogP contribution in [0.15, 0.2) is 54.6 Å². The second kappa shape index (κ2) is 10.5. The lowest BCUT2D eigenvalue weighted by Gasteiger charge is -2.09. The summed E-state index contributed by atoms with van der Waals surface area (Å²) in [6.45, 7) is 2.94. The van der Waals surface area contributed by atoms with Crippen molar-refractivity contribution < 1.29 is 9.53 Å². The minimum absolute atomic E-state index is 0.0158. The summed E-state index contributed by atoms with van der Waals surface area (Å²) in [6, 6.07) is 17.4. The van der Waals surface area contributed by atoms with Crippen LogP contribution < -0.4 is 10.1 Å². The van der Waals surface area contributed by atoms with E-state index in [0.717, 1.165) is 30.0 Å². The number of ether oxygens (including phenoxy) is 1. The number of amides is 1. The third-order valence-corrected chi connectivity index (χ3v) is 3.84. The Morgan fingerprint density at radius 3 is 2.54 bits per heavy atom. The van der Waals surface area contributed by atoms with Crippen LogP contribution >= 0.6 is 0 Å². The maximum absolute atomic E-state index is 12.1. The van der Waals surface area contributed by atoms with Gasteiger partial charge < -0.3 is 10.1 Å². The second-order valence-corrected chi connectivity index (χ2v) is 6.00. The van der Waals surface area contributed by atoms with E-state index in [0.29, 0.717) is 6.42 Å². The highest BCUT2D eigenvalue weighted by Gasteiger charge is 2.04. The van der Waals surface area contributed by atoms with Gasteiger partial charge in [0.25, 0.3) is 0 Å². The van der Waals surface area contributed by atoms with Crippen molar-refractivity contribution in [1.29, 1.82) is 0 Å². The molecular formula is C21H27NO2. The van der Waals surface area contributed by atoms with Gasteiger partial charge in [-0.05, 0) is 24.1 Å². The maximum atomic E-state index is 12.1. The summed E-state index contributed by atoms with van der Waals surface area (Å²) in [5.74, 6) is 0.793. The van der Waals surface area contributed by atoms with Crippen molar-refractivity contribution in [3.63, 3.8) is 0 Å². The molecule has 0 spiro atoms. The van der Waals surface area contributed by atoms with E-state index in [9.17, 15) is 4.79 Å². The summed E-state index contributed by atoms with van der Waals surface area (Å²) in [4.78, 5) is 12.1. The number of rotatable bonds is 10. The molecule has 2 rings (SSSR count). The van der Waals surface area contributed by atoms with Crippen molar-refractivity contribution in [3.05, 3.63) is 60.2 Å². The fourth-order valence-corrected chi connectivity index (χ4v) is 2.55. The lowest BCUT2D eigenvalue weighted by molar-refractivity contribution is -0.115. The highest BCUT2D eigenvalue weighted by Crippen LogP contribution is 2.18. The molecule has 3 heteroatoms. The van der Waals surface area contributed by atoms with E-state index >= 15 is 0 Å². The largest absolute Gasteiger partial charge is 0.494 e. The molecule has 0 unspecified atom stereocenters. The molecule has 1 N–H and O–H groups in total. The van der Waals surface area contributed by atoms with Crippen LogP contribution in [0.2, 0.25) is 0 Å². The van der Waals surface area contributed by atoms with Gasteiger partial charge in [0.05, 0.1) is 13.0 Å². The average Bonchev–Trinajstić information content (AvgIpc) is 2.59. The van der Waals surface area contributed by atoms with Crippen LogP contribution in [0.3, 0.4) is 0 Å². The molecule has 0 saturated carbocycles. The van der Waals surface area contributed by atoms with Gasteiger partial charge in [0, 0.05) is 11.8 Å². The Labute approximate surface area is 145 Å². The van der Waals surface area contributed by atoms with Gasteiger partial charge in [-0.25, -0.2) is 0 Å². The van der Waals surface area contributed by atoms with E-state index < -0.39 is 0 Å². The molecule has 128 valence electrons. The number of carbonyl (C=O) groups excluding carboxylic acids is 1. The predicted molar refractivity (Wildman–Crippen MR) is 99.5 cm³/mol. The standard InChI is InChI=1S/C21H27NO2/c1-2-3-4-5-9-15-24-20-14-10-13-19(17-20)22-21(23)16-18-11-7-6-8-12-18/h6-8,10-14,17H,2-5,9,15-16H2,1H3,(H,22,23). The van der Waals surface area contributed by atoms with Crippen LogP contribution in [0.1, 0.15) is 44.6 Å². The molecule has 3 nitrogen and oxygen atoms in total. The van der Waals surface area contributed by atoms with E-state index in [4.69, 9.17) is 4.74 Å². The normalized spacial score (nSPS) is 10.4. The zero-order chi connectivity index (χ0) is 17.0. The molecule has 24 heavy (non-hydrogen) atoms. The van der Waals surface area contributed by atoms with Gasteiger partial charge in [0.15, 0.2) is 0 Å². The van der Waals surface area contributed by atoms with Gasteiger partial charge in [0.2, 0.25) is 5.91 Å². The Balaban J connectivity index is 1.76. The quantitative estimate of drug-likeness (QED) is 0.608. The predicted octanol–water partition coefficient (Wildman–Crippen LogP) is 5.22. The van der Waals surface area contributed by atoms with E-state index in [2.05, 4.69) is 12.2 Å². The molecule has 2 aromatic carbocycles. The minimum Gasteiger partial charge on any atom is -0.494 e. The van der Waals surface area contributed by atoms with Crippen molar-refractivity contribution in [2.75, 3.05) is 11.9 Å². The van der Waals surface area contributed by atoms with Crippen LogP contribution in [0.5, 0.6) is 5.75 Å². The lowest BCUT2D eigenvalue weighted by Crippen LogP contribution is -2.14. The van der Waals surface area contributed by atoms with E-state index in [1.54, 1.807) is 0 Å². The maximum Gasteiger partial charge on any atom is 0.228 e. The molecule has 0 aliphatic rings. The summed E-state index contributed by atoms with van der Waals surface area (Å²) in [5.41, 5.74) is 1.79. The average molecular weight is 325 g/mol. The molecule has 0 saturated heterocycles. The molecule has 0 aliphatic carbocycles. The zero-order valence-corrected chi connectivity index (χ0v) is 14.5. The Kier molecular flexibility index (Phi) is 7.88. The van der Waals surface area contributed by atoms with Gasteiger partial charge in [-0.2, -0.15) is 0 Å². The van der Waals surface area contributed by atoms with Gasteiger partial charge in [0.1, 0.15) is 5.75 Å². The third-order valence-electron chi connectivity index (χ3n) is 3.84. The smallest absolute Gasteiger partial charge is 0.228 e. The molecule has 0 fully saturated rings. The van der Waals surface area contributed by atoms with Crippen LogP contribution in [-0.2, 0) is 11.2 Å². The first-order valence-corrected chi connectivity index (χ1v) is 8.84. The Bertz CT molecular complexity index is 610. The van der Waals surface area contributed by atoms with Crippen LogP contribution in [0.4, 0.5) is 5.69 Å². The van der Waals surface area contributed by atoms with Crippen molar-refractivity contribution in [1.82, 2.24) is 0 Å². The van der Waals surface area contributed by atoms with E-state index in [1.807, 2.05) is 54.6 Å². The highest BCUT2D eigenvalue weighted by atomic mass is 16.5. The molecule has 0 bridgehead atoms. The summed E-state index contributed by atoms with van der Waals surface area (Å²) in [6.07, 6.45) is 6.49. The first kappa shape index (κ1) is 18.1. The number of benzene rings is 2. The Morgan fingerprint density at radius 1 is 0.958 bits per heavy atom. The highest BCUT2D eigenvalue weighted by molar-refractivity contribution is 5.92. The van der Waals surface area contributed by atoms with Crippen LogP contribution in [0.25, 0.3) is 0 Å². The first-order chi connectivity index (χ1) is 11.8. The van der Waals surface area contributed by atoms with E-state index in [-0.39, 0.29) is 5.91 Å². The monoisotopic (exact) mass is 325 g/mol. The van der Waals surface area contributed by atoms with Crippen LogP contribution in [-0.4, -0.2) is 12.5 Å². The van der Waals surface area contributed by atoms with Gasteiger partial charge in [-0.1, -0.05) is 69.0 Å². The first-order valence-electron chi connectivity index (χ1n) is 8.84. The summed E-state index contributed by atoms with van der Waals surface area (Å²) >= 11 is 0. The Morgan fingerprint density at radius 2 is 1.75 bits per heavy atom. The minimum atomic E-state index is -0.0158. The summed E-state index contributed by atoms with van der Waals surface area (Å²) in [5, 5.41) is 2.93. The molecule has 0 aliphatic heterocycles. The van der Waals surface area contributed by atoms with Crippen molar-refractivity contribution in [2.45, 2.75) is 45.4 Å². The Hall–Kier alpha value is -2.29. The fraction of sp³-hybridized carbons (Fsp3) is 0.381. The van der Waals surface area contributed by atoms with Crippen LogP contribution in [0, 0.1) is 0 Å². The third kappa shape index (κ3) is 6.86. The number of anilines is 1. The topological polar surface area (TPSA) is 38.3 Å². The van der Waals surface area contributed by atoms with Crippen molar-refractivity contribution >= 4 is 11.6 Å². The number of hydrogen-bond donors (Lipinski definition) is 1. The van der Waals surface area contributed by atoms with Gasteiger partial charge in [-0.3, -0.25) is 4.79 Å². The van der Waals surface area contributed by atoms with Crippen molar-refractivity contribution in [2.24, 2.45) is 0 Å². The molecule has 0 radical (unpaired) electrons. The molecule has 0 heterocycles. The molecule has 1 amide bonds.